The van der Waals surface area contributed by atoms with Crippen molar-refractivity contribution in [2.45, 2.75) is 126 Å². The van der Waals surface area contributed by atoms with Crippen LogP contribution in [-0.4, -0.2) is 273 Å². The van der Waals surface area contributed by atoms with Crippen LogP contribution >= 0.6 is 24.8 Å². The molecule has 0 saturated carbocycles. The van der Waals surface area contributed by atoms with Gasteiger partial charge in [0.05, 0.1) is 128 Å². The van der Waals surface area contributed by atoms with Gasteiger partial charge in [-0.2, -0.15) is 0 Å². The van der Waals surface area contributed by atoms with Crippen molar-refractivity contribution in [3.63, 3.8) is 0 Å². The average molecular weight is 1840 g/mol. The number of quaternary nitrogens is 4. The maximum atomic E-state index is 12.1. The van der Waals surface area contributed by atoms with Gasteiger partial charge in [-0.25, -0.2) is 4.39 Å². The van der Waals surface area contributed by atoms with E-state index in [2.05, 4.69) is 148 Å². The lowest BCUT2D eigenvalue weighted by Crippen LogP contribution is -3.00. The smallest absolute Gasteiger partial charge is 0.269 e. The summed E-state index contributed by atoms with van der Waals surface area (Å²) in [7, 11) is 27.6. The van der Waals surface area contributed by atoms with Gasteiger partial charge in [0, 0.05) is 172 Å². The summed E-state index contributed by atoms with van der Waals surface area (Å²) in [5.41, 5.74) is 19.6. The van der Waals surface area contributed by atoms with Gasteiger partial charge in [-0.05, 0) is 196 Å². The Labute approximate surface area is 741 Å². The second kappa shape index (κ2) is 50.5. The lowest BCUT2D eigenvalue weighted by atomic mass is 10.1. The van der Waals surface area contributed by atoms with Crippen LogP contribution in [0.2, 0.25) is 0 Å². The molecule has 6 saturated heterocycles. The number of nitrogens with two attached hydrogens (primary N) is 2. The first-order chi connectivity index (χ1) is 52.7. The molecule has 0 spiro atoms. The maximum absolute atomic E-state index is 12.1. The molecule has 6 atom stereocenters. The highest BCUT2D eigenvalue weighted by atomic mass is 79.9. The summed E-state index contributed by atoms with van der Waals surface area (Å²) in [6.07, 6.45) is 17.6. The third-order valence-corrected chi connectivity index (χ3v) is 24.5. The Kier molecular flexibility index (Phi) is 45.9. The number of nitro groups is 4. The Morgan fingerprint density at radius 2 is 0.598 bits per heavy atom. The van der Waals surface area contributed by atoms with E-state index >= 15 is 0 Å². The Hall–Kier alpha value is -6.71. The van der Waals surface area contributed by atoms with Gasteiger partial charge in [-0.3, -0.25) is 40.5 Å². The predicted octanol–water partition coefficient (Wildman–Crippen LogP) is 1.73. The van der Waals surface area contributed by atoms with Crippen LogP contribution in [0.25, 0.3) is 0 Å². The number of nitro benzene ring substituents is 4. The molecule has 12 rings (SSSR count). The standard InChI is InChI=1S/C30H46N6O4.C30H50N6.C12H17N3O2.C6H4FNO2.C6H14N2.2BrH.4ClH/c1-35(2,29-17-19-31(23-29)25-9-13-27(14-10-25)33(37)38)21-7-5-6-8-22-36(3,4)30-18-20-32(24-30)26-11-15-28(16-12-26)34(39)40;1-35(2,29-17-19-33(23-29)27-13-9-25(31)10-14-27)21-7-5-6-8-22-36(3,4)30-18-20-34(24-30)28-15-11-26(32)12-16-28;1-13(2)12-7-8-14(9-12)10-3-5-11(6-4-10)15(16)17;7-5-1-3-6(4-2-5)8(9)10;1-8(2)6-3-4-7-5-6;;;;;;/h9-16,29-30H,5-8,17-24H2,1-4H3;9-16,29-30H,5-8,17-24,31-32H2,1-4H3;3-6,12H,7-9H2,1-2H3;1-4H;6-7H,3-5H2,1-2H3;6*1H/q2*+2;;;;;;;;;/p-4. The van der Waals surface area contributed by atoms with Gasteiger partial charge in [0.1, 0.15) is 30.0 Å². The van der Waals surface area contributed by atoms with Crippen molar-refractivity contribution in [1.29, 1.82) is 0 Å². The minimum atomic E-state index is -0.570. The summed E-state index contributed by atoms with van der Waals surface area (Å²) in [4.78, 5) is 57.4. The molecule has 6 unspecified atom stereocenters. The van der Waals surface area contributed by atoms with Crippen molar-refractivity contribution in [3.8, 4) is 0 Å². The zero-order valence-corrected chi connectivity index (χ0v) is 77.2. The van der Waals surface area contributed by atoms with E-state index in [-0.39, 0.29) is 121 Å². The third-order valence-electron chi connectivity index (χ3n) is 24.5. The molecule has 117 heavy (non-hydrogen) atoms. The number of unbranched alkanes of at least 4 members (excludes halogenated alkanes) is 6. The van der Waals surface area contributed by atoms with E-state index in [1.165, 1.54) is 121 Å². The van der Waals surface area contributed by atoms with Gasteiger partial charge < -0.3 is 128 Å². The molecule has 656 valence electrons. The summed E-state index contributed by atoms with van der Waals surface area (Å²) >= 11 is 0. The normalized spacial score (nSPS) is 18.9. The number of nitrogen functional groups attached to an aromatic ring is 2. The highest BCUT2D eigenvalue weighted by Gasteiger charge is 2.39. The lowest BCUT2D eigenvalue weighted by molar-refractivity contribution is -0.913. The molecule has 6 aliphatic rings. The number of rotatable bonds is 29. The van der Waals surface area contributed by atoms with E-state index in [1.54, 1.807) is 36.4 Å². The van der Waals surface area contributed by atoms with Crippen molar-refractivity contribution < 1.29 is 101 Å². The molecule has 0 aromatic heterocycles. The van der Waals surface area contributed by atoms with Gasteiger partial charge in [0.2, 0.25) is 0 Å². The van der Waals surface area contributed by atoms with E-state index in [0.29, 0.717) is 30.2 Å². The molecule has 5 N–H and O–H groups in total. The average Bonchev–Trinajstić information content (AvgIpc) is 1.70. The lowest BCUT2D eigenvalue weighted by Gasteiger charge is -2.37. The van der Waals surface area contributed by atoms with Crippen molar-refractivity contribution in [2.75, 3.05) is 225 Å². The number of nitrogens with one attached hydrogen (secondary N) is 1. The molecule has 6 aromatic rings. The Bertz CT molecular complexity index is 3700. The first-order valence-electron chi connectivity index (χ1n) is 40.1. The van der Waals surface area contributed by atoms with Gasteiger partial charge in [-0.1, -0.05) is 0 Å². The second-order valence-electron chi connectivity index (χ2n) is 34.1. The van der Waals surface area contributed by atoms with Crippen LogP contribution in [0, 0.1) is 46.3 Å². The number of non-ortho nitro benzene ring substituents is 4. The van der Waals surface area contributed by atoms with Gasteiger partial charge in [0.15, 0.2) is 0 Å². The van der Waals surface area contributed by atoms with Crippen LogP contribution in [-0.2, 0) is 0 Å². The van der Waals surface area contributed by atoms with E-state index in [4.69, 9.17) is 11.5 Å². The minimum Gasteiger partial charge on any atom is -1.00 e. The maximum Gasteiger partial charge on any atom is 0.269 e. The Morgan fingerprint density at radius 3 is 0.812 bits per heavy atom. The molecule has 6 aliphatic heterocycles. The molecule has 0 aliphatic carbocycles. The molecule has 0 amide bonds. The minimum absolute atomic E-state index is 0. The van der Waals surface area contributed by atoms with Crippen molar-refractivity contribution in [3.05, 3.63) is 192 Å². The van der Waals surface area contributed by atoms with Crippen LogP contribution in [0.3, 0.4) is 0 Å². The fourth-order valence-corrected chi connectivity index (χ4v) is 16.5. The monoisotopic (exact) mass is 1840 g/mol. The van der Waals surface area contributed by atoms with Crippen molar-refractivity contribution in [1.82, 2.24) is 15.1 Å². The predicted molar refractivity (Wildman–Crippen MR) is 465 cm³/mol. The third kappa shape index (κ3) is 33.0. The number of hydrogen-bond acceptors (Lipinski definition) is 18. The second-order valence-corrected chi connectivity index (χ2v) is 34.1. The highest BCUT2D eigenvalue weighted by molar-refractivity contribution is 5.85. The van der Waals surface area contributed by atoms with E-state index in [1.807, 2.05) is 60.7 Å². The number of benzene rings is 6. The summed E-state index contributed by atoms with van der Waals surface area (Å²) in [6, 6.07) is 45.7. The largest absolute Gasteiger partial charge is 1.00 e. The van der Waals surface area contributed by atoms with Crippen LogP contribution in [0.4, 0.5) is 67.0 Å². The number of likely N-dealkylation sites (N-methyl/N-ethyl adjacent to an activating group) is 6. The Balaban J connectivity index is 0.000000545. The fraction of sp³-hybridized carbons (Fsp3) is 0.571. The summed E-state index contributed by atoms with van der Waals surface area (Å²) in [6.45, 7) is 17.9. The molecule has 33 heteroatoms. The molecule has 6 fully saturated rings. The zero-order chi connectivity index (χ0) is 80.6. The molecular formula is C84H133Br2Cl4FN18O8. The first-order valence-corrected chi connectivity index (χ1v) is 40.1. The summed E-state index contributed by atoms with van der Waals surface area (Å²) in [5, 5.41) is 45.8. The molecule has 6 heterocycles. The van der Waals surface area contributed by atoms with E-state index in [9.17, 15) is 44.8 Å². The van der Waals surface area contributed by atoms with Gasteiger partial charge in [0.25, 0.3) is 22.7 Å². The van der Waals surface area contributed by atoms with Crippen molar-refractivity contribution >= 4 is 87.4 Å². The molecule has 6 aromatic carbocycles. The molecule has 0 bridgehead atoms. The number of halogens is 7. The van der Waals surface area contributed by atoms with Gasteiger partial charge >= 0.3 is 0 Å². The SMILES string of the molecule is CN(C)C1CCN(c2ccc([N+](=O)[O-])cc2)C1.CN(C)C1CCNC1.C[N+](C)(CCCCCC[N+](C)(C)C1CCN(c2ccc(N)cc2)C1)C1CCN(c2ccc(N)cc2)C1.C[N+](C)(CCCCCC[N+](C)(C)C1CCN(c2ccc([N+](=O)[O-])cc2)C1)C1CCN(c2ccc([N+](=O)[O-])cc2)C1.Cl.Cl.O=[N+]([O-])c1ccc(F)cc1.[Br-].[Br-].[Cl-].[Cl-]. The zero-order valence-electron chi connectivity index (χ0n) is 70.9. The summed E-state index contributed by atoms with van der Waals surface area (Å²) in [5.74, 6) is -0.467. The first kappa shape index (κ1) is 106. The number of hydrogen-bond donors (Lipinski definition) is 3. The molecule has 26 nitrogen and oxygen atoms in total. The quantitative estimate of drug-likeness (QED) is 0.0199. The van der Waals surface area contributed by atoms with Gasteiger partial charge in [-0.15, -0.1) is 24.8 Å². The number of nitrogens with zero attached hydrogens (tertiary/aromatic N) is 15. The highest BCUT2D eigenvalue weighted by Crippen LogP contribution is 2.33. The molecule has 0 radical (unpaired) electrons. The van der Waals surface area contributed by atoms with Crippen LogP contribution in [0.5, 0.6) is 0 Å². The van der Waals surface area contributed by atoms with Crippen LogP contribution in [0.1, 0.15) is 89.9 Å². The fourth-order valence-electron chi connectivity index (χ4n) is 16.5. The Morgan fingerprint density at radius 1 is 0.368 bits per heavy atom. The van der Waals surface area contributed by atoms with Crippen LogP contribution < -0.4 is 100 Å². The van der Waals surface area contributed by atoms with Crippen LogP contribution in [0.15, 0.2) is 146 Å². The van der Waals surface area contributed by atoms with Crippen molar-refractivity contribution in [2.24, 2.45) is 0 Å². The topological polar surface area (TPSA) is 259 Å². The van der Waals surface area contributed by atoms with E-state index < -0.39 is 10.7 Å². The summed E-state index contributed by atoms with van der Waals surface area (Å²) < 4.78 is 16.4. The number of anilines is 7. The molecular weight excluding hydrogens is 1710 g/mol. The van der Waals surface area contributed by atoms with E-state index in [0.717, 1.165) is 161 Å².